The third kappa shape index (κ3) is 3.91. The lowest BCUT2D eigenvalue weighted by molar-refractivity contribution is -0.117. The molecule has 158 valence electrons. The van der Waals surface area contributed by atoms with Gasteiger partial charge < -0.3 is 4.74 Å². The van der Waals surface area contributed by atoms with E-state index in [1.807, 2.05) is 38.1 Å². The van der Waals surface area contributed by atoms with Crippen LogP contribution >= 0.6 is 11.3 Å². The molecule has 0 saturated heterocycles. The number of aryl methyl sites for hydroxylation is 2. The van der Waals surface area contributed by atoms with Gasteiger partial charge in [0.15, 0.2) is 5.78 Å². The largest absolute Gasteiger partial charge is 0.497 e. The molecule has 0 saturated carbocycles. The summed E-state index contributed by atoms with van der Waals surface area (Å²) >= 11 is 1.54. The zero-order valence-corrected chi connectivity index (χ0v) is 18.9. The van der Waals surface area contributed by atoms with E-state index in [4.69, 9.17) is 9.73 Å². The van der Waals surface area contributed by atoms with Crippen LogP contribution in [-0.2, 0) is 4.79 Å². The molecule has 3 aromatic rings. The minimum absolute atomic E-state index is 0.00888. The summed E-state index contributed by atoms with van der Waals surface area (Å²) in [6, 6.07) is 15.1. The number of rotatable bonds is 5. The van der Waals surface area contributed by atoms with Gasteiger partial charge in [-0.05, 0) is 44.0 Å². The van der Waals surface area contributed by atoms with Gasteiger partial charge in [0.2, 0.25) is 5.91 Å². The van der Waals surface area contributed by atoms with Crippen molar-refractivity contribution in [1.82, 2.24) is 0 Å². The number of hydrogen-bond acceptors (Lipinski definition) is 5. The van der Waals surface area contributed by atoms with Crippen molar-refractivity contribution in [2.75, 3.05) is 25.1 Å². The first-order valence-corrected chi connectivity index (χ1v) is 10.9. The second-order valence-electron chi connectivity index (χ2n) is 7.58. The fraction of sp³-hybridized carbons (Fsp3) is 0.240. The lowest BCUT2D eigenvalue weighted by Gasteiger charge is -2.20. The Kier molecular flexibility index (Phi) is 5.74. The summed E-state index contributed by atoms with van der Waals surface area (Å²) in [6.07, 6.45) is 0. The van der Waals surface area contributed by atoms with Crippen molar-refractivity contribution in [3.8, 4) is 5.75 Å². The van der Waals surface area contributed by atoms with Crippen molar-refractivity contribution in [1.29, 1.82) is 0 Å². The van der Waals surface area contributed by atoms with Crippen LogP contribution in [0, 0.1) is 20.8 Å². The minimum Gasteiger partial charge on any atom is -0.497 e. The monoisotopic (exact) mass is 432 g/mol. The van der Waals surface area contributed by atoms with Gasteiger partial charge >= 0.3 is 0 Å². The number of aliphatic imine (C=N–C) groups is 1. The summed E-state index contributed by atoms with van der Waals surface area (Å²) in [4.78, 5) is 33.6. The third-order valence-electron chi connectivity index (χ3n) is 5.62. The average Bonchev–Trinajstić information content (AvgIpc) is 2.99. The molecule has 1 aliphatic rings. The van der Waals surface area contributed by atoms with Gasteiger partial charge in [0.1, 0.15) is 17.3 Å². The normalized spacial score (nSPS) is 13.5. The zero-order valence-electron chi connectivity index (χ0n) is 18.1. The van der Waals surface area contributed by atoms with Crippen molar-refractivity contribution in [3.05, 3.63) is 81.2 Å². The molecule has 0 unspecified atom stereocenters. The van der Waals surface area contributed by atoms with Gasteiger partial charge in [-0.3, -0.25) is 19.5 Å². The summed E-state index contributed by atoms with van der Waals surface area (Å²) in [6.45, 7) is 6.11. The fourth-order valence-corrected chi connectivity index (χ4v) is 4.93. The van der Waals surface area contributed by atoms with E-state index >= 15 is 0 Å². The highest BCUT2D eigenvalue weighted by atomic mass is 32.1. The number of methoxy groups -OCH3 is 1. The quantitative estimate of drug-likeness (QED) is 0.547. The van der Waals surface area contributed by atoms with E-state index in [0.29, 0.717) is 11.3 Å². The molecule has 1 amide bonds. The summed E-state index contributed by atoms with van der Waals surface area (Å²) in [5.41, 5.74) is 5.49. The van der Waals surface area contributed by atoms with Crippen LogP contribution in [0.1, 0.15) is 37.5 Å². The molecular weight excluding hydrogens is 408 g/mol. The molecule has 0 N–H and O–H groups in total. The Morgan fingerprint density at radius 1 is 1.13 bits per heavy atom. The average molecular weight is 433 g/mol. The van der Waals surface area contributed by atoms with Crippen LogP contribution in [0.2, 0.25) is 0 Å². The molecule has 0 bridgehead atoms. The molecule has 0 spiro atoms. The number of thiophene rings is 1. The molecular formula is C25H24N2O3S. The Morgan fingerprint density at radius 2 is 1.90 bits per heavy atom. The number of nitrogens with zero attached hydrogens (tertiary/aromatic N) is 2. The van der Waals surface area contributed by atoms with Gasteiger partial charge in [0, 0.05) is 21.6 Å². The smallest absolute Gasteiger partial charge is 0.249 e. The van der Waals surface area contributed by atoms with Gasteiger partial charge in [0.25, 0.3) is 0 Å². The highest BCUT2D eigenvalue weighted by molar-refractivity contribution is 7.17. The molecule has 0 atom stereocenters. The van der Waals surface area contributed by atoms with Crippen LogP contribution in [0.25, 0.3) is 0 Å². The van der Waals surface area contributed by atoms with Crippen LogP contribution in [0.5, 0.6) is 5.75 Å². The van der Waals surface area contributed by atoms with Crippen LogP contribution in [0.3, 0.4) is 0 Å². The highest BCUT2D eigenvalue weighted by Crippen LogP contribution is 2.39. The number of ketones is 1. The number of carbonyl (C=O) groups excluding carboxylic acids is 2. The Bertz CT molecular complexity index is 1210. The summed E-state index contributed by atoms with van der Waals surface area (Å²) in [5.74, 6) is 0.297. The van der Waals surface area contributed by atoms with E-state index in [1.54, 1.807) is 36.3 Å². The Hall–Kier alpha value is -3.25. The number of benzene rings is 2. The Labute approximate surface area is 186 Å². The van der Waals surface area contributed by atoms with Crippen LogP contribution < -0.4 is 9.64 Å². The van der Waals surface area contributed by atoms with Gasteiger partial charge in [-0.25, -0.2) is 0 Å². The molecule has 4 rings (SSSR count). The topological polar surface area (TPSA) is 59.0 Å². The predicted molar refractivity (Wildman–Crippen MR) is 125 cm³/mol. The summed E-state index contributed by atoms with van der Waals surface area (Å²) in [7, 11) is 1.57. The third-order valence-corrected chi connectivity index (χ3v) is 6.85. The number of anilines is 1. The molecule has 5 nitrogen and oxygen atoms in total. The van der Waals surface area contributed by atoms with E-state index in [2.05, 4.69) is 6.92 Å². The van der Waals surface area contributed by atoms with Gasteiger partial charge in [-0.1, -0.05) is 36.4 Å². The number of carbonyl (C=O) groups is 2. The van der Waals surface area contributed by atoms with Crippen molar-refractivity contribution >= 4 is 33.7 Å². The van der Waals surface area contributed by atoms with Gasteiger partial charge in [-0.2, -0.15) is 0 Å². The first-order chi connectivity index (χ1) is 14.9. The molecule has 1 aromatic heterocycles. The number of fused-ring (bicyclic) bond motifs is 1. The number of ether oxygens (including phenoxy) is 1. The summed E-state index contributed by atoms with van der Waals surface area (Å²) < 4.78 is 5.24. The molecule has 0 radical (unpaired) electrons. The maximum atomic E-state index is 13.1. The van der Waals surface area contributed by atoms with Crippen molar-refractivity contribution < 1.29 is 14.3 Å². The second-order valence-corrected chi connectivity index (χ2v) is 8.78. The van der Waals surface area contributed by atoms with E-state index in [-0.39, 0.29) is 24.8 Å². The van der Waals surface area contributed by atoms with E-state index in [0.717, 1.165) is 37.8 Å². The predicted octanol–water partition coefficient (Wildman–Crippen LogP) is 4.75. The van der Waals surface area contributed by atoms with Crippen molar-refractivity contribution in [2.45, 2.75) is 20.8 Å². The molecule has 6 heteroatoms. The van der Waals surface area contributed by atoms with Crippen LogP contribution in [0.4, 0.5) is 5.00 Å². The SMILES string of the molecule is COc1cccc(C(=O)CN2C(=O)CN=C(c3ccccc3C)c3c2sc(C)c3C)c1. The fourth-order valence-electron chi connectivity index (χ4n) is 3.75. The standard InChI is InChI=1S/C25H24N2O3S/c1-15-8-5-6-11-20(15)24-23-16(2)17(3)31-25(23)27(22(29)13-26-24)14-21(28)18-9-7-10-19(12-18)30-4/h5-12H,13-14H2,1-4H3. The Balaban J connectivity index is 1.77. The van der Waals surface area contributed by atoms with Gasteiger partial charge in [0.05, 0.1) is 19.4 Å². The van der Waals surface area contributed by atoms with E-state index in [9.17, 15) is 9.59 Å². The van der Waals surface area contributed by atoms with E-state index in [1.165, 1.54) is 11.3 Å². The van der Waals surface area contributed by atoms with Crippen LogP contribution in [0.15, 0.2) is 53.5 Å². The molecule has 2 aromatic carbocycles. The molecule has 0 fully saturated rings. The lowest BCUT2D eigenvalue weighted by atomic mass is 9.96. The van der Waals surface area contributed by atoms with Crippen molar-refractivity contribution in [3.63, 3.8) is 0 Å². The van der Waals surface area contributed by atoms with Crippen molar-refractivity contribution in [2.24, 2.45) is 4.99 Å². The molecule has 0 aliphatic carbocycles. The molecule has 1 aliphatic heterocycles. The van der Waals surface area contributed by atoms with Crippen LogP contribution in [-0.4, -0.2) is 37.6 Å². The highest BCUT2D eigenvalue weighted by Gasteiger charge is 2.31. The lowest BCUT2D eigenvalue weighted by Crippen LogP contribution is -2.36. The minimum atomic E-state index is -0.178. The number of hydrogen-bond donors (Lipinski definition) is 0. The first kappa shape index (κ1) is 21.0. The maximum Gasteiger partial charge on any atom is 0.249 e. The molecule has 2 heterocycles. The molecule has 31 heavy (non-hydrogen) atoms. The first-order valence-electron chi connectivity index (χ1n) is 10.1. The number of Topliss-reactive ketones (excluding diaryl/α,β-unsaturated/α-hetero) is 1. The zero-order chi connectivity index (χ0) is 22.1. The summed E-state index contributed by atoms with van der Waals surface area (Å²) in [5, 5.41) is 0.788. The maximum absolute atomic E-state index is 13.1. The second kappa shape index (κ2) is 8.47. The Morgan fingerprint density at radius 3 is 2.65 bits per heavy atom. The van der Waals surface area contributed by atoms with Gasteiger partial charge in [-0.15, -0.1) is 11.3 Å². The van der Waals surface area contributed by atoms with E-state index < -0.39 is 0 Å². The number of amides is 1.